The fourth-order valence-electron chi connectivity index (χ4n) is 3.54. The third kappa shape index (κ3) is 4.44. The van der Waals surface area contributed by atoms with Crippen LogP contribution in [0.5, 0.6) is 5.75 Å². The molecular weight excluding hydrogens is 374 g/mol. The summed E-state index contributed by atoms with van der Waals surface area (Å²) >= 11 is 0. The minimum atomic E-state index is -0.700. The van der Waals surface area contributed by atoms with E-state index >= 15 is 0 Å². The lowest BCUT2D eigenvalue weighted by atomic mass is 10.0. The van der Waals surface area contributed by atoms with Crippen molar-refractivity contribution in [2.24, 2.45) is 0 Å². The van der Waals surface area contributed by atoms with E-state index in [2.05, 4.69) is 0 Å². The van der Waals surface area contributed by atoms with Crippen LogP contribution in [0.1, 0.15) is 51.7 Å². The van der Waals surface area contributed by atoms with Gasteiger partial charge in [0.2, 0.25) is 0 Å². The molecule has 1 aromatic carbocycles. The molecule has 1 fully saturated rings. The summed E-state index contributed by atoms with van der Waals surface area (Å²) in [7, 11) is 0. The van der Waals surface area contributed by atoms with Crippen molar-refractivity contribution < 1.29 is 23.5 Å². The van der Waals surface area contributed by atoms with Gasteiger partial charge in [0.15, 0.2) is 0 Å². The summed E-state index contributed by atoms with van der Waals surface area (Å²) in [6, 6.07) is 4.26. The molecule has 1 aliphatic heterocycles. The van der Waals surface area contributed by atoms with E-state index in [-0.39, 0.29) is 0 Å². The predicted octanol–water partition coefficient (Wildman–Crippen LogP) is 3.97. The normalized spacial score (nSPS) is 16.9. The zero-order valence-corrected chi connectivity index (χ0v) is 17.5. The van der Waals surface area contributed by atoms with Crippen LogP contribution in [-0.2, 0) is 16.0 Å². The van der Waals surface area contributed by atoms with Crippen LogP contribution in [0.4, 0.5) is 4.79 Å². The predicted molar refractivity (Wildman–Crippen MR) is 108 cm³/mol. The van der Waals surface area contributed by atoms with Crippen molar-refractivity contribution in [3.8, 4) is 5.75 Å². The van der Waals surface area contributed by atoms with E-state index in [9.17, 15) is 14.4 Å². The number of hydrogen-bond donors (Lipinski definition) is 0. The number of benzene rings is 1. The fraction of sp³-hybridized carbons (Fsp3) is 0.500. The first-order valence-corrected chi connectivity index (χ1v) is 9.88. The van der Waals surface area contributed by atoms with Crippen molar-refractivity contribution >= 4 is 23.0 Å². The Morgan fingerprint density at radius 2 is 2.00 bits per heavy atom. The van der Waals surface area contributed by atoms with Crippen LogP contribution in [0.2, 0.25) is 0 Å². The number of likely N-dealkylation sites (tertiary alicyclic amines) is 1. The molecule has 7 heteroatoms. The second-order valence-corrected chi connectivity index (χ2v) is 8.26. The molecule has 1 aliphatic rings. The first-order valence-electron chi connectivity index (χ1n) is 9.88. The minimum Gasteiger partial charge on any atom is -0.444 e. The molecule has 0 N–H and O–H groups in total. The lowest BCUT2D eigenvalue weighted by Gasteiger charge is -2.27. The Morgan fingerprint density at radius 3 is 2.66 bits per heavy atom. The first-order chi connectivity index (χ1) is 13.6. The molecule has 1 saturated heterocycles. The largest absolute Gasteiger partial charge is 0.444 e. The lowest BCUT2D eigenvalue weighted by molar-refractivity contribution is -0.139. The highest BCUT2D eigenvalue weighted by atomic mass is 16.6. The smallest absolute Gasteiger partial charge is 0.411 e. The molecule has 0 unspecified atom stereocenters. The molecule has 7 nitrogen and oxygen atoms in total. The summed E-state index contributed by atoms with van der Waals surface area (Å²) < 4.78 is 16.4. The van der Waals surface area contributed by atoms with E-state index in [0.29, 0.717) is 42.7 Å². The van der Waals surface area contributed by atoms with E-state index in [1.165, 1.54) is 11.0 Å². The summed E-state index contributed by atoms with van der Waals surface area (Å²) in [6.45, 7) is 9.50. The monoisotopic (exact) mass is 401 g/mol. The zero-order chi connectivity index (χ0) is 21.3. The number of nitrogens with zero attached hydrogens (tertiary/aromatic N) is 1. The summed E-state index contributed by atoms with van der Waals surface area (Å²) in [6.07, 6.45) is 1.38. The van der Waals surface area contributed by atoms with Crippen LogP contribution in [-0.4, -0.2) is 35.2 Å². The van der Waals surface area contributed by atoms with Crippen LogP contribution in [0.25, 0.3) is 11.0 Å². The van der Waals surface area contributed by atoms with Gasteiger partial charge < -0.3 is 13.9 Å². The van der Waals surface area contributed by atoms with Crippen LogP contribution in [0.15, 0.2) is 27.4 Å². The Labute approximate surface area is 169 Å². The summed E-state index contributed by atoms with van der Waals surface area (Å²) in [5.74, 6) is -0.209. The highest BCUT2D eigenvalue weighted by Gasteiger charge is 2.38. The number of amides is 1. The second kappa shape index (κ2) is 7.89. The number of fused-ring (bicyclic) bond motifs is 1. The number of ether oxygens (including phenoxy) is 2. The van der Waals surface area contributed by atoms with Crippen molar-refractivity contribution in [2.45, 2.75) is 65.5 Å². The minimum absolute atomic E-state index is 0.315. The first kappa shape index (κ1) is 20.9. The Kier molecular flexibility index (Phi) is 5.68. The van der Waals surface area contributed by atoms with Crippen LogP contribution in [0.3, 0.4) is 0 Å². The van der Waals surface area contributed by atoms with Gasteiger partial charge in [0.25, 0.3) is 0 Å². The number of rotatable bonds is 3. The Balaban J connectivity index is 1.85. The molecule has 2 heterocycles. The van der Waals surface area contributed by atoms with Gasteiger partial charge in [-0.25, -0.2) is 14.4 Å². The molecule has 156 valence electrons. The molecule has 0 aliphatic carbocycles. The van der Waals surface area contributed by atoms with Crippen molar-refractivity contribution in [3.63, 3.8) is 0 Å². The van der Waals surface area contributed by atoms with Gasteiger partial charge in [0, 0.05) is 23.6 Å². The second-order valence-electron chi connectivity index (χ2n) is 8.26. The van der Waals surface area contributed by atoms with Crippen LogP contribution < -0.4 is 10.4 Å². The van der Waals surface area contributed by atoms with Gasteiger partial charge in [0.1, 0.15) is 23.0 Å². The molecule has 29 heavy (non-hydrogen) atoms. The summed E-state index contributed by atoms with van der Waals surface area (Å²) in [5.41, 5.74) is 0.787. The van der Waals surface area contributed by atoms with Gasteiger partial charge in [-0.05, 0) is 64.7 Å². The quantitative estimate of drug-likeness (QED) is 0.439. The topological polar surface area (TPSA) is 86.0 Å². The van der Waals surface area contributed by atoms with Crippen LogP contribution >= 0.6 is 0 Å². The van der Waals surface area contributed by atoms with Gasteiger partial charge in [-0.3, -0.25) is 4.90 Å². The average Bonchev–Trinajstić information content (AvgIpc) is 3.12. The summed E-state index contributed by atoms with van der Waals surface area (Å²) in [5, 5.41) is 0.820. The third-order valence-corrected chi connectivity index (χ3v) is 4.94. The number of aryl methyl sites for hydroxylation is 2. The lowest BCUT2D eigenvalue weighted by Crippen LogP contribution is -2.44. The van der Waals surface area contributed by atoms with Gasteiger partial charge in [-0.15, -0.1) is 0 Å². The van der Waals surface area contributed by atoms with Crippen molar-refractivity contribution in [3.05, 3.63) is 39.7 Å². The molecule has 0 bridgehead atoms. The van der Waals surface area contributed by atoms with Crippen molar-refractivity contribution in [1.29, 1.82) is 0 Å². The molecule has 1 amide bonds. The highest BCUT2D eigenvalue weighted by Crippen LogP contribution is 2.30. The van der Waals surface area contributed by atoms with Gasteiger partial charge in [-0.1, -0.05) is 6.92 Å². The maximum Gasteiger partial charge on any atom is 0.411 e. The maximum absolute atomic E-state index is 12.8. The molecule has 1 atom stereocenters. The van der Waals surface area contributed by atoms with Gasteiger partial charge in [-0.2, -0.15) is 0 Å². The van der Waals surface area contributed by atoms with Gasteiger partial charge in [0.05, 0.1) is 0 Å². The van der Waals surface area contributed by atoms with E-state index in [1.54, 1.807) is 39.8 Å². The average molecular weight is 401 g/mol. The van der Waals surface area contributed by atoms with Crippen molar-refractivity contribution in [2.75, 3.05) is 6.54 Å². The Bertz CT molecular complexity index is 1000. The molecule has 1 aromatic heterocycles. The third-order valence-electron chi connectivity index (χ3n) is 4.94. The number of hydrogen-bond acceptors (Lipinski definition) is 6. The molecule has 0 saturated carbocycles. The van der Waals surface area contributed by atoms with Crippen LogP contribution in [0, 0.1) is 6.92 Å². The number of esters is 1. The fourth-order valence-corrected chi connectivity index (χ4v) is 3.54. The van der Waals surface area contributed by atoms with E-state index < -0.39 is 29.3 Å². The highest BCUT2D eigenvalue weighted by molar-refractivity contribution is 5.88. The number of carbonyl (C=O) groups is 2. The SMILES string of the molecule is CCc1cc(=O)oc2c(C)c(OC(=O)[C@H]3CCCN3C(=O)OC(C)(C)C)ccc12. The molecule has 2 aromatic rings. The zero-order valence-electron chi connectivity index (χ0n) is 17.5. The van der Waals surface area contributed by atoms with E-state index in [4.69, 9.17) is 13.9 Å². The Hall–Kier alpha value is -2.83. The van der Waals surface area contributed by atoms with E-state index in [1.807, 2.05) is 6.92 Å². The molecule has 3 rings (SSSR count). The van der Waals surface area contributed by atoms with Gasteiger partial charge >= 0.3 is 17.7 Å². The van der Waals surface area contributed by atoms with Crippen molar-refractivity contribution in [1.82, 2.24) is 4.90 Å². The Morgan fingerprint density at radius 1 is 1.28 bits per heavy atom. The molecule has 0 spiro atoms. The van der Waals surface area contributed by atoms with E-state index in [0.717, 1.165) is 10.9 Å². The number of carbonyl (C=O) groups excluding carboxylic acids is 2. The maximum atomic E-state index is 12.8. The molecular formula is C22H27NO6. The summed E-state index contributed by atoms with van der Waals surface area (Å²) in [4.78, 5) is 38.5. The standard InChI is InChI=1S/C22H27NO6/c1-6-14-12-18(24)28-19-13(2)17(10-9-15(14)19)27-20(25)16-8-7-11-23(16)21(26)29-22(3,4)5/h9-10,12,16H,6-8,11H2,1-5H3/t16-/m1/s1. The molecule has 0 radical (unpaired) electrons.